The molecular formula is C19H36N6O6S. The van der Waals surface area contributed by atoms with Gasteiger partial charge in [-0.3, -0.25) is 19.2 Å². The summed E-state index contributed by atoms with van der Waals surface area (Å²) in [5, 5.41) is 16.5. The predicted molar refractivity (Wildman–Crippen MR) is 121 cm³/mol. The highest BCUT2D eigenvalue weighted by Crippen LogP contribution is 2.09. The Balaban J connectivity index is 5.23. The molecule has 0 aliphatic rings. The van der Waals surface area contributed by atoms with Crippen LogP contribution >= 0.6 is 12.6 Å². The van der Waals surface area contributed by atoms with E-state index in [1.54, 1.807) is 13.8 Å². The molecule has 0 aromatic rings. The average molecular weight is 477 g/mol. The fourth-order valence-electron chi connectivity index (χ4n) is 2.73. The SMILES string of the molecule is CCC(C)C(NC(=O)C(CC(N)=O)NC(=O)C(CS)NC(=O)C(N)CCCCN)C(=O)O. The van der Waals surface area contributed by atoms with Crippen LogP contribution in [0.15, 0.2) is 0 Å². The first-order valence-electron chi connectivity index (χ1n) is 10.5. The number of nitrogens with one attached hydrogen (secondary N) is 3. The fourth-order valence-corrected chi connectivity index (χ4v) is 2.99. The molecule has 0 fully saturated rings. The van der Waals surface area contributed by atoms with E-state index in [1.165, 1.54) is 0 Å². The van der Waals surface area contributed by atoms with Gasteiger partial charge < -0.3 is 38.3 Å². The van der Waals surface area contributed by atoms with Gasteiger partial charge in [0.2, 0.25) is 23.6 Å². The number of hydrogen-bond donors (Lipinski definition) is 8. The van der Waals surface area contributed by atoms with Crippen molar-refractivity contribution in [3.63, 3.8) is 0 Å². The first kappa shape index (κ1) is 29.6. The molecule has 0 radical (unpaired) electrons. The summed E-state index contributed by atoms with van der Waals surface area (Å²) in [5.41, 5.74) is 16.4. The Morgan fingerprint density at radius 1 is 0.969 bits per heavy atom. The van der Waals surface area contributed by atoms with Crippen molar-refractivity contribution < 1.29 is 29.1 Å². The van der Waals surface area contributed by atoms with Crippen molar-refractivity contribution in [3.8, 4) is 0 Å². The number of amides is 4. The van der Waals surface area contributed by atoms with Gasteiger partial charge in [-0.1, -0.05) is 26.7 Å². The van der Waals surface area contributed by atoms with Crippen LogP contribution in [0.2, 0.25) is 0 Å². The highest BCUT2D eigenvalue weighted by molar-refractivity contribution is 7.80. The minimum Gasteiger partial charge on any atom is -0.480 e. The van der Waals surface area contributed by atoms with Crippen molar-refractivity contribution in [3.05, 3.63) is 0 Å². The quantitative estimate of drug-likeness (QED) is 0.0902. The van der Waals surface area contributed by atoms with Crippen LogP contribution in [0.5, 0.6) is 0 Å². The Labute approximate surface area is 193 Å². The highest BCUT2D eigenvalue weighted by Gasteiger charge is 2.32. The topological polar surface area (TPSA) is 220 Å². The fraction of sp³-hybridized carbons (Fsp3) is 0.737. The van der Waals surface area contributed by atoms with E-state index < -0.39 is 66.1 Å². The number of carboxylic acid groups (broad SMARTS) is 1. The second-order valence-corrected chi connectivity index (χ2v) is 7.94. The second kappa shape index (κ2) is 15.4. The summed E-state index contributed by atoms with van der Waals surface area (Å²) in [6.07, 6.45) is 1.64. The summed E-state index contributed by atoms with van der Waals surface area (Å²) in [5.74, 6) is -4.88. The normalized spacial score (nSPS) is 15.5. The number of aliphatic carboxylic acids is 1. The van der Waals surface area contributed by atoms with Crippen molar-refractivity contribution in [2.45, 2.75) is 70.1 Å². The number of carboxylic acids is 1. The van der Waals surface area contributed by atoms with Crippen LogP contribution < -0.4 is 33.2 Å². The molecule has 0 aliphatic carbocycles. The molecule has 184 valence electrons. The molecule has 10 N–H and O–H groups in total. The molecule has 5 unspecified atom stereocenters. The molecular weight excluding hydrogens is 440 g/mol. The van der Waals surface area contributed by atoms with Crippen molar-refractivity contribution in [2.75, 3.05) is 12.3 Å². The summed E-state index contributed by atoms with van der Waals surface area (Å²) in [6.45, 7) is 3.87. The Bertz CT molecular complexity index is 664. The maximum Gasteiger partial charge on any atom is 0.326 e. The monoisotopic (exact) mass is 476 g/mol. The van der Waals surface area contributed by atoms with Gasteiger partial charge in [0.1, 0.15) is 18.1 Å². The van der Waals surface area contributed by atoms with Gasteiger partial charge in [-0.15, -0.1) is 0 Å². The summed E-state index contributed by atoms with van der Waals surface area (Å²) in [4.78, 5) is 60.3. The van der Waals surface area contributed by atoms with Crippen molar-refractivity contribution in [1.29, 1.82) is 0 Å². The molecule has 0 bridgehead atoms. The van der Waals surface area contributed by atoms with E-state index in [0.29, 0.717) is 32.2 Å². The van der Waals surface area contributed by atoms with Crippen LogP contribution in [0.1, 0.15) is 46.0 Å². The van der Waals surface area contributed by atoms with Crippen molar-refractivity contribution >= 4 is 42.2 Å². The lowest BCUT2D eigenvalue weighted by Crippen LogP contribution is -2.58. The van der Waals surface area contributed by atoms with E-state index in [4.69, 9.17) is 17.2 Å². The number of thiol groups is 1. The zero-order valence-electron chi connectivity index (χ0n) is 18.5. The molecule has 0 saturated heterocycles. The number of carbonyl (C=O) groups excluding carboxylic acids is 4. The zero-order chi connectivity index (χ0) is 24.8. The highest BCUT2D eigenvalue weighted by atomic mass is 32.1. The summed E-state index contributed by atoms with van der Waals surface area (Å²) < 4.78 is 0. The summed E-state index contributed by atoms with van der Waals surface area (Å²) in [7, 11) is 0. The van der Waals surface area contributed by atoms with Gasteiger partial charge >= 0.3 is 5.97 Å². The number of carbonyl (C=O) groups is 5. The van der Waals surface area contributed by atoms with Crippen LogP contribution in [-0.4, -0.2) is 71.2 Å². The van der Waals surface area contributed by atoms with Gasteiger partial charge in [-0.05, 0) is 25.3 Å². The molecule has 32 heavy (non-hydrogen) atoms. The molecule has 0 saturated carbocycles. The third-order valence-electron chi connectivity index (χ3n) is 4.94. The average Bonchev–Trinajstić information content (AvgIpc) is 2.73. The summed E-state index contributed by atoms with van der Waals surface area (Å²) in [6, 6.07) is -4.64. The Morgan fingerprint density at radius 2 is 1.53 bits per heavy atom. The second-order valence-electron chi connectivity index (χ2n) is 7.58. The van der Waals surface area contributed by atoms with Gasteiger partial charge in [0.25, 0.3) is 0 Å². The van der Waals surface area contributed by atoms with E-state index in [9.17, 15) is 29.1 Å². The van der Waals surface area contributed by atoms with Gasteiger partial charge in [-0.2, -0.15) is 12.6 Å². The van der Waals surface area contributed by atoms with Crippen LogP contribution in [-0.2, 0) is 24.0 Å². The van der Waals surface area contributed by atoms with Crippen LogP contribution in [0.4, 0.5) is 0 Å². The van der Waals surface area contributed by atoms with Gasteiger partial charge in [0.05, 0.1) is 12.5 Å². The largest absolute Gasteiger partial charge is 0.480 e. The van der Waals surface area contributed by atoms with E-state index >= 15 is 0 Å². The maximum absolute atomic E-state index is 12.6. The number of rotatable bonds is 16. The molecule has 0 aromatic carbocycles. The third kappa shape index (κ3) is 10.8. The van der Waals surface area contributed by atoms with Crippen LogP contribution in [0.3, 0.4) is 0 Å². The number of primary amides is 1. The minimum absolute atomic E-state index is 0.109. The molecule has 12 nitrogen and oxygen atoms in total. The van der Waals surface area contributed by atoms with Crippen LogP contribution in [0.25, 0.3) is 0 Å². The van der Waals surface area contributed by atoms with E-state index in [2.05, 4.69) is 28.6 Å². The molecule has 13 heteroatoms. The van der Waals surface area contributed by atoms with E-state index in [-0.39, 0.29) is 5.75 Å². The lowest BCUT2D eigenvalue weighted by atomic mass is 9.98. The standard InChI is InChI=1S/C19H36N6O6S/c1-3-10(2)15(19(30)31)25-17(28)12(8-14(22)26)23-18(29)13(9-32)24-16(27)11(21)6-4-5-7-20/h10-13,15,32H,3-9,20-21H2,1-2H3,(H2,22,26)(H,23,29)(H,24,27)(H,25,28)(H,30,31). The molecule has 5 atom stereocenters. The first-order chi connectivity index (χ1) is 15.0. The predicted octanol–water partition coefficient (Wildman–Crippen LogP) is -2.17. The number of hydrogen-bond acceptors (Lipinski definition) is 8. The molecule has 4 amide bonds. The molecule has 0 spiro atoms. The van der Waals surface area contributed by atoms with Gasteiger partial charge in [0, 0.05) is 5.75 Å². The number of nitrogens with two attached hydrogens (primary N) is 3. The Morgan fingerprint density at radius 3 is 2.00 bits per heavy atom. The smallest absolute Gasteiger partial charge is 0.326 e. The minimum atomic E-state index is -1.43. The molecule has 0 aromatic heterocycles. The van der Waals surface area contributed by atoms with Gasteiger partial charge in [-0.25, -0.2) is 4.79 Å². The van der Waals surface area contributed by atoms with E-state index in [0.717, 1.165) is 0 Å². The zero-order valence-corrected chi connectivity index (χ0v) is 19.4. The molecule has 0 rings (SSSR count). The maximum atomic E-state index is 12.6. The van der Waals surface area contributed by atoms with Crippen LogP contribution in [0, 0.1) is 5.92 Å². The third-order valence-corrected chi connectivity index (χ3v) is 5.30. The Hall–Kier alpha value is -2.38. The number of unbranched alkanes of at least 4 members (excludes halogenated alkanes) is 1. The summed E-state index contributed by atoms with van der Waals surface area (Å²) >= 11 is 4.05. The first-order valence-corrected chi connectivity index (χ1v) is 11.1. The van der Waals surface area contributed by atoms with Crippen molar-refractivity contribution in [2.24, 2.45) is 23.1 Å². The van der Waals surface area contributed by atoms with E-state index in [1.807, 2.05) is 0 Å². The van der Waals surface area contributed by atoms with Gasteiger partial charge in [0.15, 0.2) is 0 Å². The molecule has 0 aliphatic heterocycles. The Kier molecular flexibility index (Phi) is 14.3. The lowest BCUT2D eigenvalue weighted by Gasteiger charge is -2.25. The lowest BCUT2D eigenvalue weighted by molar-refractivity contribution is -0.144. The molecule has 0 heterocycles. The van der Waals surface area contributed by atoms with Crippen molar-refractivity contribution in [1.82, 2.24) is 16.0 Å².